The molecule has 0 bridgehead atoms. The van der Waals surface area contributed by atoms with E-state index in [9.17, 15) is 4.79 Å². The van der Waals surface area contributed by atoms with Gasteiger partial charge in [0, 0.05) is 24.6 Å². The number of hydrogen-bond donors (Lipinski definition) is 1. The second-order valence-corrected chi connectivity index (χ2v) is 6.42. The van der Waals surface area contributed by atoms with Crippen LogP contribution in [0, 0.1) is 0 Å². The molecule has 3 aromatic rings. The fourth-order valence-electron chi connectivity index (χ4n) is 3.28. The predicted octanol–water partition coefficient (Wildman–Crippen LogP) is 3.62. The van der Waals surface area contributed by atoms with Gasteiger partial charge >= 0.3 is 0 Å². The van der Waals surface area contributed by atoms with E-state index in [1.165, 1.54) is 0 Å². The first kappa shape index (κ1) is 16.3. The number of likely N-dealkylation sites (tertiary alicyclic amines) is 1. The Labute approximate surface area is 151 Å². The monoisotopic (exact) mass is 348 g/mol. The van der Waals surface area contributed by atoms with Gasteiger partial charge in [0.25, 0.3) is 5.91 Å². The topological polar surface area (TPSA) is 71.1 Å². The van der Waals surface area contributed by atoms with Crippen LogP contribution in [0.25, 0.3) is 0 Å². The van der Waals surface area contributed by atoms with E-state index in [1.807, 2.05) is 59.5 Å². The Bertz CT molecular complexity index is 847. The van der Waals surface area contributed by atoms with Crippen molar-refractivity contribution in [3.05, 3.63) is 72.1 Å². The number of benzene rings is 2. The SMILES string of the molecule is O=C(c1ccc(Oc2ccccc2)cc1)N1CCCC(c2cn[nH]n2)C1. The number of nitrogens with one attached hydrogen (secondary N) is 1. The molecule has 0 saturated carbocycles. The number of hydrogen-bond acceptors (Lipinski definition) is 4. The third-order valence-corrected chi connectivity index (χ3v) is 4.64. The minimum atomic E-state index is 0.0458. The first-order valence-corrected chi connectivity index (χ1v) is 8.77. The molecule has 2 heterocycles. The maximum absolute atomic E-state index is 12.8. The number of nitrogens with zero attached hydrogens (tertiary/aromatic N) is 3. The van der Waals surface area contributed by atoms with Crippen molar-refractivity contribution in [2.45, 2.75) is 18.8 Å². The summed E-state index contributed by atoms with van der Waals surface area (Å²) >= 11 is 0. The average molecular weight is 348 g/mol. The van der Waals surface area contributed by atoms with E-state index >= 15 is 0 Å². The fourth-order valence-corrected chi connectivity index (χ4v) is 3.28. The summed E-state index contributed by atoms with van der Waals surface area (Å²) in [5.41, 5.74) is 1.60. The van der Waals surface area contributed by atoms with Crippen LogP contribution in [0.5, 0.6) is 11.5 Å². The first-order chi connectivity index (χ1) is 12.8. The van der Waals surface area contributed by atoms with E-state index in [-0.39, 0.29) is 11.8 Å². The lowest BCUT2D eigenvalue weighted by atomic mass is 9.95. The van der Waals surface area contributed by atoms with Crippen LogP contribution < -0.4 is 4.74 Å². The van der Waals surface area contributed by atoms with E-state index in [0.29, 0.717) is 17.9 Å². The van der Waals surface area contributed by atoms with Gasteiger partial charge < -0.3 is 9.64 Å². The standard InChI is InChI=1S/C20H20N4O2/c25-20(24-12-4-5-16(14-24)19-13-21-23-22-19)15-8-10-18(11-9-15)26-17-6-2-1-3-7-17/h1-3,6-11,13,16H,4-5,12,14H2,(H,21,22,23). The van der Waals surface area contributed by atoms with Gasteiger partial charge in [0.2, 0.25) is 0 Å². The summed E-state index contributed by atoms with van der Waals surface area (Å²) in [5.74, 6) is 1.78. The molecule has 1 amide bonds. The highest BCUT2D eigenvalue weighted by Gasteiger charge is 2.26. The highest BCUT2D eigenvalue weighted by molar-refractivity contribution is 5.94. The Balaban J connectivity index is 1.43. The van der Waals surface area contributed by atoms with Gasteiger partial charge in [-0.3, -0.25) is 4.79 Å². The number of piperidine rings is 1. The second kappa shape index (κ2) is 7.39. The maximum Gasteiger partial charge on any atom is 0.253 e. The Morgan fingerprint density at radius 3 is 2.58 bits per heavy atom. The van der Waals surface area contributed by atoms with Gasteiger partial charge in [-0.05, 0) is 49.2 Å². The van der Waals surface area contributed by atoms with Crippen molar-refractivity contribution in [2.75, 3.05) is 13.1 Å². The molecular weight excluding hydrogens is 328 g/mol. The summed E-state index contributed by atoms with van der Waals surface area (Å²) in [6.07, 6.45) is 3.74. The molecule has 6 nitrogen and oxygen atoms in total. The molecule has 2 aromatic carbocycles. The van der Waals surface area contributed by atoms with E-state index in [2.05, 4.69) is 15.4 Å². The summed E-state index contributed by atoms with van der Waals surface area (Å²) in [6.45, 7) is 1.45. The van der Waals surface area contributed by atoms with Crippen LogP contribution in [0.3, 0.4) is 0 Å². The number of para-hydroxylation sites is 1. The molecule has 1 aliphatic heterocycles. The largest absolute Gasteiger partial charge is 0.457 e. The Morgan fingerprint density at radius 2 is 1.85 bits per heavy atom. The van der Waals surface area contributed by atoms with Crippen LogP contribution in [0.2, 0.25) is 0 Å². The molecule has 1 N–H and O–H groups in total. The zero-order valence-corrected chi connectivity index (χ0v) is 14.3. The molecule has 1 aliphatic rings. The van der Waals surface area contributed by atoms with Gasteiger partial charge in [-0.25, -0.2) is 0 Å². The smallest absolute Gasteiger partial charge is 0.253 e. The van der Waals surface area contributed by atoms with E-state index in [4.69, 9.17) is 4.74 Å². The van der Waals surface area contributed by atoms with Crippen LogP contribution in [0.4, 0.5) is 0 Å². The number of H-pyrrole nitrogens is 1. The number of ether oxygens (including phenoxy) is 1. The van der Waals surface area contributed by atoms with Crippen molar-refractivity contribution >= 4 is 5.91 Å². The summed E-state index contributed by atoms with van der Waals surface area (Å²) in [4.78, 5) is 14.7. The Hall–Kier alpha value is -3.15. The van der Waals surface area contributed by atoms with Gasteiger partial charge in [-0.2, -0.15) is 15.4 Å². The number of rotatable bonds is 4. The van der Waals surface area contributed by atoms with Gasteiger partial charge in [-0.1, -0.05) is 18.2 Å². The molecule has 1 atom stereocenters. The van der Waals surface area contributed by atoms with Crippen molar-refractivity contribution in [1.29, 1.82) is 0 Å². The molecule has 1 aromatic heterocycles. The number of amides is 1. The molecule has 0 spiro atoms. The van der Waals surface area contributed by atoms with Crippen LogP contribution in [0.15, 0.2) is 60.8 Å². The number of carbonyl (C=O) groups excluding carboxylic acids is 1. The highest BCUT2D eigenvalue weighted by atomic mass is 16.5. The summed E-state index contributed by atoms with van der Waals surface area (Å²) in [6, 6.07) is 16.9. The Morgan fingerprint density at radius 1 is 1.08 bits per heavy atom. The molecule has 26 heavy (non-hydrogen) atoms. The van der Waals surface area contributed by atoms with Crippen molar-refractivity contribution in [3.8, 4) is 11.5 Å². The molecular formula is C20H20N4O2. The van der Waals surface area contributed by atoms with Crippen molar-refractivity contribution in [1.82, 2.24) is 20.3 Å². The third-order valence-electron chi connectivity index (χ3n) is 4.64. The van der Waals surface area contributed by atoms with Crippen LogP contribution >= 0.6 is 0 Å². The Kier molecular flexibility index (Phi) is 4.64. The fraction of sp³-hybridized carbons (Fsp3) is 0.250. The number of aromatic nitrogens is 3. The van der Waals surface area contributed by atoms with Gasteiger partial charge in [-0.15, -0.1) is 0 Å². The minimum Gasteiger partial charge on any atom is -0.457 e. The molecule has 1 unspecified atom stereocenters. The van der Waals surface area contributed by atoms with E-state index in [0.717, 1.165) is 30.8 Å². The first-order valence-electron chi connectivity index (χ1n) is 8.77. The summed E-state index contributed by atoms with van der Waals surface area (Å²) < 4.78 is 5.78. The third kappa shape index (κ3) is 3.59. The van der Waals surface area contributed by atoms with Gasteiger partial charge in [0.15, 0.2) is 0 Å². The molecule has 1 saturated heterocycles. The molecule has 0 aliphatic carbocycles. The van der Waals surface area contributed by atoms with E-state index in [1.54, 1.807) is 6.20 Å². The molecule has 4 rings (SSSR count). The maximum atomic E-state index is 12.8. The zero-order chi connectivity index (χ0) is 17.8. The lowest BCUT2D eigenvalue weighted by Gasteiger charge is -2.31. The molecule has 1 fully saturated rings. The highest BCUT2D eigenvalue weighted by Crippen LogP contribution is 2.27. The predicted molar refractivity (Wildman–Crippen MR) is 97.2 cm³/mol. The lowest BCUT2D eigenvalue weighted by molar-refractivity contribution is 0.0706. The van der Waals surface area contributed by atoms with E-state index < -0.39 is 0 Å². The molecule has 6 heteroatoms. The van der Waals surface area contributed by atoms with Crippen LogP contribution in [0.1, 0.15) is 34.8 Å². The molecule has 0 radical (unpaired) electrons. The normalized spacial score (nSPS) is 17.1. The van der Waals surface area contributed by atoms with Gasteiger partial charge in [0.05, 0.1) is 11.9 Å². The number of aromatic amines is 1. The van der Waals surface area contributed by atoms with Crippen LogP contribution in [-0.4, -0.2) is 39.3 Å². The zero-order valence-electron chi connectivity index (χ0n) is 14.3. The molecule has 132 valence electrons. The summed E-state index contributed by atoms with van der Waals surface area (Å²) in [7, 11) is 0. The summed E-state index contributed by atoms with van der Waals surface area (Å²) in [5, 5.41) is 10.7. The average Bonchev–Trinajstić information content (AvgIpc) is 3.24. The second-order valence-electron chi connectivity index (χ2n) is 6.42. The quantitative estimate of drug-likeness (QED) is 0.782. The van der Waals surface area contributed by atoms with Crippen LogP contribution in [-0.2, 0) is 0 Å². The van der Waals surface area contributed by atoms with Crippen molar-refractivity contribution < 1.29 is 9.53 Å². The van der Waals surface area contributed by atoms with Crippen molar-refractivity contribution in [2.24, 2.45) is 0 Å². The minimum absolute atomic E-state index is 0.0458. The van der Waals surface area contributed by atoms with Crippen molar-refractivity contribution in [3.63, 3.8) is 0 Å². The van der Waals surface area contributed by atoms with Gasteiger partial charge in [0.1, 0.15) is 11.5 Å². The lowest BCUT2D eigenvalue weighted by Crippen LogP contribution is -2.39. The number of carbonyl (C=O) groups is 1.